The van der Waals surface area contributed by atoms with Crippen LogP contribution in [0, 0.1) is 34.5 Å². The number of carbonyl (C=O) groups excluding carboxylic acids is 4. The molecule has 10 rings (SSSR count). The zero-order valence-electron chi connectivity index (χ0n) is 44.9. The molecule has 0 bridgehead atoms. The van der Waals surface area contributed by atoms with E-state index in [1.807, 2.05) is 53.4 Å². The van der Waals surface area contributed by atoms with Gasteiger partial charge in [-0.2, -0.15) is 14.8 Å². The van der Waals surface area contributed by atoms with E-state index < -0.39 is 0 Å². The van der Waals surface area contributed by atoms with Crippen molar-refractivity contribution in [3.63, 3.8) is 0 Å². The van der Waals surface area contributed by atoms with Crippen LogP contribution in [0.15, 0.2) is 101 Å². The molecule has 0 aliphatic heterocycles. The molecule has 6 N–H and O–H groups in total. The normalized spacial score (nSPS) is 27.1. The summed E-state index contributed by atoms with van der Waals surface area (Å²) in [5.41, 5.74) is 14.2. The molecule has 0 radical (unpaired) electrons. The van der Waals surface area contributed by atoms with E-state index in [2.05, 4.69) is 41.8 Å². The number of fused-ring (bicyclic) bond motifs is 10. The van der Waals surface area contributed by atoms with Crippen molar-refractivity contribution in [1.82, 2.24) is 15.4 Å². The van der Waals surface area contributed by atoms with E-state index in [1.165, 1.54) is 22.3 Å². The van der Waals surface area contributed by atoms with Gasteiger partial charge >= 0.3 is 11.8 Å². The average molecular weight is 1030 g/mol. The summed E-state index contributed by atoms with van der Waals surface area (Å²) in [5, 5.41) is 31.8. The number of benzene rings is 2. The van der Waals surface area contributed by atoms with Crippen LogP contribution in [0.2, 0.25) is 0 Å². The lowest BCUT2D eigenvalue weighted by Crippen LogP contribution is -2.82. The third-order valence-electron chi connectivity index (χ3n) is 19.1. The number of aromatic hydroxyl groups is 2. The van der Waals surface area contributed by atoms with E-state index >= 15 is 0 Å². The average Bonchev–Trinajstić information content (AvgIpc) is 3.97. The number of hydrogen-bond donors (Lipinski definition) is 5. The molecule has 2 heterocycles. The molecule has 4 fully saturated rings. The number of nitrogens with two attached hydrogens (primary N) is 1. The standard InChI is InChI=1S/C62H78N8O6/c1-61-31-25-49-47-19-15-45(71)37-41(47)13-17-51(49)53(61)21-23-55(61)65-67-59(75)39-69-33-27-43(28-34-69)63-57(73)11-9-7-5-3-4-6-8-10-12-58(74)64-44-29-35-70(36-30-44)40-60(76)68-66-56-24-22-54-52-18-14-42-38-46(72)16-20-48(42)50(52)26-32-62(54,56)2/h15-16,19-20,27-30,33-38,49-54H,3-14,17-18,21-26,31-32,39-40H2,1-2H3,(H4,67,68,71,72,75,76)/p+2/b65-55-,66-56-/t49-,50-,51-,52-,53+,54+,61+,62+/m1/s1. The molecule has 4 aromatic rings. The molecule has 0 unspecified atom stereocenters. The van der Waals surface area contributed by atoms with E-state index in [9.17, 15) is 29.4 Å². The number of rotatable bonds is 18. The monoisotopic (exact) mass is 1030 g/mol. The minimum atomic E-state index is -0.180. The van der Waals surface area contributed by atoms with Gasteiger partial charge in [0.1, 0.15) is 23.7 Å². The van der Waals surface area contributed by atoms with Crippen molar-refractivity contribution in [2.45, 2.75) is 180 Å². The van der Waals surface area contributed by atoms with E-state index in [1.54, 1.807) is 34.4 Å². The number of hydrogen-bond acceptors (Lipinski definition) is 8. The van der Waals surface area contributed by atoms with Crippen molar-refractivity contribution in [3.8, 4) is 11.5 Å². The molecule has 0 spiro atoms. The highest BCUT2D eigenvalue weighted by Crippen LogP contribution is 2.61. The molecular formula is C62H80N8O6+2. The number of hydrazone groups is 2. The van der Waals surface area contributed by atoms with Crippen LogP contribution >= 0.6 is 0 Å². The van der Waals surface area contributed by atoms with Gasteiger partial charge in [-0.25, -0.2) is 20.6 Å². The smallest absolute Gasteiger partial charge is 0.315 e. The van der Waals surface area contributed by atoms with Gasteiger partial charge < -0.3 is 14.8 Å². The van der Waals surface area contributed by atoms with Gasteiger partial charge in [-0.05, 0) is 184 Å². The van der Waals surface area contributed by atoms with Crippen LogP contribution in [0.5, 0.6) is 11.5 Å². The number of aromatic nitrogens is 2. The molecule has 6 aliphatic rings. The Morgan fingerprint density at radius 3 is 1.70 bits per heavy atom. The summed E-state index contributed by atoms with van der Waals surface area (Å²) in [4.78, 5) is 55.6. The maximum atomic E-state index is 13.0. The number of primary amides is 1. The number of pyridine rings is 2. The molecule has 4 amide bonds. The van der Waals surface area contributed by atoms with Crippen molar-refractivity contribution in [1.29, 1.82) is 0 Å². The van der Waals surface area contributed by atoms with Crippen LogP contribution in [-0.4, -0.2) is 49.8 Å². The summed E-state index contributed by atoms with van der Waals surface area (Å²) >= 11 is 0. The van der Waals surface area contributed by atoms with Crippen LogP contribution < -0.4 is 26.1 Å². The van der Waals surface area contributed by atoms with Crippen molar-refractivity contribution in [3.05, 3.63) is 113 Å². The molecule has 14 nitrogen and oxygen atoms in total. The lowest BCUT2D eigenvalue weighted by Gasteiger charge is -2.49. The fourth-order valence-corrected chi connectivity index (χ4v) is 15.1. The zero-order chi connectivity index (χ0) is 52.8. The SMILES string of the molecule is C[C@]12CC[C@@H]3c4ccc(O)cc4CC[C@H]3[C@@H]1CC/C2=N/NC(=O)Cn1ccc(=NC(=O)CCCCCCCCCCC(=O)[NH2+]c2cc[n+](CC(=O)N/N=C3/CC[C@H]4[C@@H]5CCc6cc(O)ccc6[C@H]5CC[C@]34C)cc2)cc1. The number of aryl methyl sites for hydroxylation is 2. The van der Waals surface area contributed by atoms with E-state index in [4.69, 9.17) is 10.2 Å². The summed E-state index contributed by atoms with van der Waals surface area (Å²) in [6.45, 7) is 4.97. The largest absolute Gasteiger partial charge is 0.508 e. The first kappa shape index (κ1) is 53.1. The van der Waals surface area contributed by atoms with Gasteiger partial charge in [0.2, 0.25) is 12.5 Å². The first-order chi connectivity index (χ1) is 36.8. The predicted octanol–water partition coefficient (Wildman–Crippen LogP) is 8.99. The van der Waals surface area contributed by atoms with Crippen molar-refractivity contribution >= 4 is 40.7 Å². The lowest BCUT2D eigenvalue weighted by atomic mass is 9.55. The summed E-state index contributed by atoms with van der Waals surface area (Å²) in [5.74, 6) is 3.73. The molecule has 14 heteroatoms. The maximum Gasteiger partial charge on any atom is 0.315 e. The van der Waals surface area contributed by atoms with Crippen LogP contribution in [-0.2, 0) is 45.1 Å². The Hall–Kier alpha value is -6.28. The number of nitrogens with one attached hydrogen (secondary N) is 2. The first-order valence-electron chi connectivity index (χ1n) is 28.8. The minimum absolute atomic E-state index is 0.000652. The van der Waals surface area contributed by atoms with Crippen LogP contribution in [0.25, 0.3) is 0 Å². The van der Waals surface area contributed by atoms with Gasteiger partial charge in [-0.1, -0.05) is 64.5 Å². The molecule has 6 aliphatic carbocycles. The lowest BCUT2D eigenvalue weighted by molar-refractivity contribution is -0.685. The zero-order valence-corrected chi connectivity index (χ0v) is 44.9. The summed E-state index contributed by atoms with van der Waals surface area (Å²) in [6.07, 6.45) is 28.8. The highest BCUT2D eigenvalue weighted by atomic mass is 16.3. The van der Waals surface area contributed by atoms with Gasteiger partial charge in [0.05, 0.1) is 23.9 Å². The number of phenols is 2. The second-order valence-electron chi connectivity index (χ2n) is 23.8. The Labute approximate surface area is 448 Å². The number of carbonyl (C=O) groups is 4. The van der Waals surface area contributed by atoms with Gasteiger partial charge in [-0.3, -0.25) is 19.7 Å². The fourth-order valence-electron chi connectivity index (χ4n) is 15.1. The third-order valence-corrected chi connectivity index (χ3v) is 19.1. The van der Waals surface area contributed by atoms with E-state index in [0.29, 0.717) is 65.2 Å². The van der Waals surface area contributed by atoms with Crippen LogP contribution in [0.4, 0.5) is 5.69 Å². The molecule has 2 aromatic heterocycles. The summed E-state index contributed by atoms with van der Waals surface area (Å²) in [6, 6.07) is 19.1. The first-order valence-corrected chi connectivity index (χ1v) is 28.8. The Kier molecular flexibility index (Phi) is 16.5. The van der Waals surface area contributed by atoms with Crippen LogP contribution in [0.3, 0.4) is 0 Å². The second-order valence-corrected chi connectivity index (χ2v) is 23.8. The Morgan fingerprint density at radius 1 is 0.632 bits per heavy atom. The molecule has 0 saturated heterocycles. The Morgan fingerprint density at radius 2 is 1.14 bits per heavy atom. The molecule has 402 valence electrons. The molecule has 76 heavy (non-hydrogen) atoms. The van der Waals surface area contributed by atoms with Gasteiger partial charge in [0.25, 0.3) is 5.91 Å². The van der Waals surface area contributed by atoms with Gasteiger partial charge in [0.15, 0.2) is 12.4 Å². The third kappa shape index (κ3) is 12.0. The molecule has 8 atom stereocenters. The topological polar surface area (TPSA) is 195 Å². The quantitative estimate of drug-likeness (QED) is 0.0375. The van der Waals surface area contributed by atoms with E-state index in [0.717, 1.165) is 146 Å². The highest BCUT2D eigenvalue weighted by Gasteiger charge is 2.55. The number of unbranched alkanes of at least 4 members (excludes halogenated alkanes) is 7. The molecule has 4 saturated carbocycles. The van der Waals surface area contributed by atoms with Gasteiger partial charge in [-0.15, -0.1) is 0 Å². The van der Waals surface area contributed by atoms with Crippen molar-refractivity contribution in [2.75, 3.05) is 0 Å². The van der Waals surface area contributed by atoms with Crippen molar-refractivity contribution in [2.24, 2.45) is 49.7 Å². The highest BCUT2D eigenvalue weighted by molar-refractivity contribution is 5.94. The summed E-state index contributed by atoms with van der Waals surface area (Å²) < 4.78 is 3.59. The van der Waals surface area contributed by atoms with Gasteiger partial charge in [0, 0.05) is 41.1 Å². The number of phenolic OH excluding ortho intramolecular Hbond substituents is 2. The predicted molar refractivity (Wildman–Crippen MR) is 291 cm³/mol. The number of quaternary nitrogens is 1. The maximum absolute atomic E-state index is 13.0. The second kappa shape index (κ2) is 23.5. The van der Waals surface area contributed by atoms with Crippen molar-refractivity contribution < 1.29 is 39.3 Å². The Bertz CT molecular complexity index is 2910. The molecular weight excluding hydrogens is 953 g/mol. The Balaban J connectivity index is 0.555. The fraction of sp³-hybridized carbons (Fsp3) is 0.548. The number of nitrogens with zero attached hydrogens (tertiary/aromatic N) is 5. The summed E-state index contributed by atoms with van der Waals surface area (Å²) in [7, 11) is 0. The van der Waals surface area contributed by atoms with E-state index in [-0.39, 0.29) is 47.5 Å². The minimum Gasteiger partial charge on any atom is -0.508 e. The number of amides is 4. The van der Waals surface area contributed by atoms with Crippen LogP contribution in [0.1, 0.15) is 176 Å². The molecule has 2 aromatic carbocycles.